The Kier molecular flexibility index (Phi) is 3.93. The Hall–Kier alpha value is -3.54. The largest absolute Gasteiger partial charge is 0.457 e. The minimum atomic E-state index is -0.279. The molecule has 5 nitrogen and oxygen atoms in total. The third kappa shape index (κ3) is 3.04. The Balaban J connectivity index is 1.64. The Labute approximate surface area is 147 Å². The highest BCUT2D eigenvalue weighted by atomic mass is 19.1. The second-order valence-electron chi connectivity index (χ2n) is 5.84. The van der Waals surface area contributed by atoms with Crippen LogP contribution < -0.4 is 5.56 Å². The zero-order valence-electron chi connectivity index (χ0n) is 13.9. The van der Waals surface area contributed by atoms with E-state index in [4.69, 9.17) is 4.42 Å². The van der Waals surface area contributed by atoms with Crippen molar-refractivity contribution in [1.82, 2.24) is 15.0 Å². The van der Waals surface area contributed by atoms with E-state index < -0.39 is 0 Å². The number of hydrogen-bond donors (Lipinski definition) is 1. The Morgan fingerprint density at radius 2 is 2.04 bits per heavy atom. The van der Waals surface area contributed by atoms with Gasteiger partial charge in [0.15, 0.2) is 0 Å². The van der Waals surface area contributed by atoms with Crippen molar-refractivity contribution in [1.29, 1.82) is 0 Å². The van der Waals surface area contributed by atoms with Crippen LogP contribution in [0.4, 0.5) is 4.39 Å². The maximum absolute atomic E-state index is 13.2. The number of halogens is 1. The fraction of sp³-hybridized carbons (Fsp3) is 0.0500. The highest BCUT2D eigenvalue weighted by Gasteiger charge is 2.07. The number of benzene rings is 1. The fourth-order valence-electron chi connectivity index (χ4n) is 2.74. The van der Waals surface area contributed by atoms with Crippen LogP contribution in [0.3, 0.4) is 0 Å². The number of aromatic nitrogens is 3. The molecule has 0 spiro atoms. The van der Waals surface area contributed by atoms with Crippen LogP contribution >= 0.6 is 0 Å². The molecular formula is C20H14FN3O2. The molecule has 0 aliphatic carbocycles. The van der Waals surface area contributed by atoms with E-state index in [1.807, 2.05) is 13.0 Å². The summed E-state index contributed by atoms with van der Waals surface area (Å²) in [5, 5.41) is 0.490. The smallest absolute Gasteiger partial charge is 0.259 e. The second-order valence-corrected chi connectivity index (χ2v) is 5.84. The first-order valence-electron chi connectivity index (χ1n) is 7.99. The van der Waals surface area contributed by atoms with Crippen molar-refractivity contribution in [3.05, 3.63) is 82.1 Å². The normalized spacial score (nSPS) is 11.5. The number of hydrogen-bond acceptors (Lipinski definition) is 4. The molecule has 0 radical (unpaired) electrons. The molecule has 4 rings (SSSR count). The highest BCUT2D eigenvalue weighted by Crippen LogP contribution is 2.26. The fourth-order valence-corrected chi connectivity index (χ4v) is 2.74. The zero-order chi connectivity index (χ0) is 18.1. The number of aryl methyl sites for hydroxylation is 1. The number of furan rings is 1. The van der Waals surface area contributed by atoms with Gasteiger partial charge < -0.3 is 9.40 Å². The van der Waals surface area contributed by atoms with Crippen LogP contribution in [0.2, 0.25) is 0 Å². The quantitative estimate of drug-likeness (QED) is 0.603. The van der Waals surface area contributed by atoms with E-state index in [1.165, 1.54) is 12.1 Å². The molecule has 0 saturated carbocycles. The average Bonchev–Trinajstić information content (AvgIpc) is 3.09. The summed E-state index contributed by atoms with van der Waals surface area (Å²) in [6.07, 6.45) is 6.47. The van der Waals surface area contributed by atoms with E-state index in [0.717, 1.165) is 11.1 Å². The first-order chi connectivity index (χ1) is 12.6. The Morgan fingerprint density at radius 3 is 2.88 bits per heavy atom. The monoisotopic (exact) mass is 347 g/mol. The topological polar surface area (TPSA) is 71.8 Å². The number of pyridine rings is 1. The summed E-state index contributed by atoms with van der Waals surface area (Å²) in [5.74, 6) is 1.37. The molecule has 0 aliphatic heterocycles. The van der Waals surface area contributed by atoms with Gasteiger partial charge in [-0.2, -0.15) is 0 Å². The second kappa shape index (κ2) is 6.40. The van der Waals surface area contributed by atoms with E-state index >= 15 is 0 Å². The average molecular weight is 347 g/mol. The molecule has 0 amide bonds. The molecule has 0 aliphatic rings. The van der Waals surface area contributed by atoms with E-state index in [9.17, 15) is 9.18 Å². The Morgan fingerprint density at radius 1 is 1.15 bits per heavy atom. The zero-order valence-corrected chi connectivity index (χ0v) is 13.9. The van der Waals surface area contributed by atoms with Gasteiger partial charge in [-0.25, -0.2) is 9.37 Å². The van der Waals surface area contributed by atoms with E-state index in [1.54, 1.807) is 42.7 Å². The predicted octanol–water partition coefficient (Wildman–Crippen LogP) is 4.20. The Bertz CT molecular complexity index is 1190. The summed E-state index contributed by atoms with van der Waals surface area (Å²) in [4.78, 5) is 23.1. The van der Waals surface area contributed by atoms with Crippen LogP contribution in [0.1, 0.15) is 17.1 Å². The summed E-state index contributed by atoms with van der Waals surface area (Å²) in [6, 6.07) is 9.80. The third-order valence-corrected chi connectivity index (χ3v) is 4.01. The third-order valence-electron chi connectivity index (χ3n) is 4.01. The number of fused-ring (bicyclic) bond motifs is 1. The molecule has 1 N–H and O–H groups in total. The first-order valence-corrected chi connectivity index (χ1v) is 7.99. The summed E-state index contributed by atoms with van der Waals surface area (Å²) in [5.41, 5.74) is 1.93. The van der Waals surface area contributed by atoms with Crippen molar-refractivity contribution in [2.75, 3.05) is 0 Å². The lowest BCUT2D eigenvalue weighted by Gasteiger charge is -2.02. The van der Waals surface area contributed by atoms with Crippen molar-refractivity contribution in [3.8, 4) is 11.3 Å². The molecule has 3 heterocycles. The lowest BCUT2D eigenvalue weighted by atomic mass is 10.1. The van der Waals surface area contributed by atoms with Crippen LogP contribution in [0.5, 0.6) is 0 Å². The van der Waals surface area contributed by atoms with E-state index in [-0.39, 0.29) is 11.4 Å². The van der Waals surface area contributed by atoms with Gasteiger partial charge in [0.2, 0.25) is 0 Å². The minimum absolute atomic E-state index is 0.223. The lowest BCUT2D eigenvalue weighted by molar-refractivity contribution is 0.571. The van der Waals surface area contributed by atoms with Crippen LogP contribution in [0.25, 0.3) is 34.4 Å². The number of nitrogens with one attached hydrogen (secondary N) is 1. The molecule has 1 aromatic carbocycles. The van der Waals surface area contributed by atoms with Gasteiger partial charge in [0.25, 0.3) is 5.56 Å². The van der Waals surface area contributed by atoms with Crippen molar-refractivity contribution in [2.45, 2.75) is 6.92 Å². The van der Waals surface area contributed by atoms with Gasteiger partial charge in [-0.3, -0.25) is 9.78 Å². The molecule has 3 aromatic heterocycles. The SMILES string of the molecule is Cc1cc(F)ccc1-c1ccc(/C=C/c2nc3cnccc3c(=O)[nH]2)o1. The minimum Gasteiger partial charge on any atom is -0.457 e. The number of H-pyrrole nitrogens is 1. The van der Waals surface area contributed by atoms with Crippen molar-refractivity contribution in [2.24, 2.45) is 0 Å². The summed E-state index contributed by atoms with van der Waals surface area (Å²) >= 11 is 0. The van der Waals surface area contributed by atoms with Crippen molar-refractivity contribution in [3.63, 3.8) is 0 Å². The van der Waals surface area contributed by atoms with Gasteiger partial charge in [0, 0.05) is 11.8 Å². The van der Waals surface area contributed by atoms with Crippen LogP contribution in [0, 0.1) is 12.7 Å². The molecule has 0 saturated heterocycles. The van der Waals surface area contributed by atoms with Crippen LogP contribution in [-0.2, 0) is 0 Å². The molecule has 0 unspecified atom stereocenters. The molecule has 0 fully saturated rings. The first kappa shape index (κ1) is 16.0. The van der Waals surface area contributed by atoms with Gasteiger partial charge >= 0.3 is 0 Å². The maximum Gasteiger partial charge on any atom is 0.259 e. The standard InChI is InChI=1S/C20H14FN3O2/c1-12-10-13(21)2-5-15(12)18-6-3-14(26-18)4-7-19-23-17-11-22-9-8-16(17)20(25)24-19/h2-11H,1H3,(H,23,24,25)/b7-4+. The lowest BCUT2D eigenvalue weighted by Crippen LogP contribution is -2.09. The predicted molar refractivity (Wildman–Crippen MR) is 97.9 cm³/mol. The van der Waals surface area contributed by atoms with Gasteiger partial charge in [-0.1, -0.05) is 0 Å². The number of aromatic amines is 1. The molecule has 4 aromatic rings. The van der Waals surface area contributed by atoms with Crippen molar-refractivity contribution < 1.29 is 8.81 Å². The van der Waals surface area contributed by atoms with E-state index in [2.05, 4.69) is 15.0 Å². The van der Waals surface area contributed by atoms with Gasteiger partial charge in [-0.15, -0.1) is 0 Å². The van der Waals surface area contributed by atoms with E-state index in [0.29, 0.717) is 28.2 Å². The summed E-state index contributed by atoms with van der Waals surface area (Å²) in [7, 11) is 0. The van der Waals surface area contributed by atoms with Crippen LogP contribution in [0.15, 0.2) is 58.0 Å². The molecule has 128 valence electrons. The molecular weight excluding hydrogens is 333 g/mol. The summed E-state index contributed by atoms with van der Waals surface area (Å²) < 4.78 is 19.0. The van der Waals surface area contributed by atoms with Gasteiger partial charge in [0.05, 0.1) is 17.1 Å². The van der Waals surface area contributed by atoms with Gasteiger partial charge in [-0.05, 0) is 61.0 Å². The number of nitrogens with zero attached hydrogens (tertiary/aromatic N) is 2. The maximum atomic E-state index is 13.2. The molecule has 6 heteroatoms. The van der Waals surface area contributed by atoms with Crippen molar-refractivity contribution >= 4 is 23.1 Å². The molecule has 0 atom stereocenters. The molecule has 0 bridgehead atoms. The highest BCUT2D eigenvalue weighted by molar-refractivity contribution is 5.78. The number of rotatable bonds is 3. The summed E-state index contributed by atoms with van der Waals surface area (Å²) in [6.45, 7) is 1.83. The molecule has 26 heavy (non-hydrogen) atoms. The van der Waals surface area contributed by atoms with Gasteiger partial charge in [0.1, 0.15) is 23.2 Å². The van der Waals surface area contributed by atoms with Crippen LogP contribution in [-0.4, -0.2) is 15.0 Å².